The highest BCUT2D eigenvalue weighted by molar-refractivity contribution is 5.93. The van der Waals surface area contributed by atoms with E-state index in [2.05, 4.69) is 10.4 Å². The number of aromatic nitrogens is 2. The molecule has 0 spiro atoms. The molecule has 1 amide bonds. The largest absolute Gasteiger partial charge is 0.494 e. The maximum absolute atomic E-state index is 12.4. The third-order valence-electron chi connectivity index (χ3n) is 3.65. The minimum atomic E-state index is -0.677. The molecule has 8 heteroatoms. The first-order valence-electron chi connectivity index (χ1n) is 7.59. The third kappa shape index (κ3) is 3.53. The summed E-state index contributed by atoms with van der Waals surface area (Å²) < 4.78 is 6.72. The smallest absolute Gasteiger partial charge is 0.312 e. The van der Waals surface area contributed by atoms with Crippen LogP contribution in [0.2, 0.25) is 0 Å². The van der Waals surface area contributed by atoms with Crippen molar-refractivity contribution in [1.82, 2.24) is 9.78 Å². The van der Waals surface area contributed by atoms with Crippen molar-refractivity contribution in [1.29, 1.82) is 0 Å². The molecule has 1 atom stereocenters. The van der Waals surface area contributed by atoms with Gasteiger partial charge in [0.1, 0.15) is 23.2 Å². The molecule has 8 nitrogen and oxygen atoms in total. The molecule has 2 rings (SSSR count). The van der Waals surface area contributed by atoms with Crippen LogP contribution < -0.4 is 10.1 Å². The summed E-state index contributed by atoms with van der Waals surface area (Å²) in [5.74, 6) is 0.414. The summed E-state index contributed by atoms with van der Waals surface area (Å²) in [4.78, 5) is 23.0. The summed E-state index contributed by atoms with van der Waals surface area (Å²) in [6, 6.07) is 6.32. The van der Waals surface area contributed by atoms with E-state index >= 15 is 0 Å². The Morgan fingerprint density at radius 1 is 1.38 bits per heavy atom. The molecule has 0 bridgehead atoms. The fourth-order valence-electron chi connectivity index (χ4n) is 2.45. The Hall–Kier alpha value is -2.90. The van der Waals surface area contributed by atoms with Crippen LogP contribution in [-0.4, -0.2) is 27.2 Å². The van der Waals surface area contributed by atoms with E-state index in [4.69, 9.17) is 4.74 Å². The van der Waals surface area contributed by atoms with E-state index in [1.54, 1.807) is 45.0 Å². The average Bonchev–Trinajstić information content (AvgIpc) is 2.83. The van der Waals surface area contributed by atoms with Gasteiger partial charge in [-0.05, 0) is 52.0 Å². The van der Waals surface area contributed by atoms with E-state index in [9.17, 15) is 14.9 Å². The summed E-state index contributed by atoms with van der Waals surface area (Å²) in [5, 5.41) is 18.0. The zero-order chi connectivity index (χ0) is 17.9. The summed E-state index contributed by atoms with van der Waals surface area (Å²) >= 11 is 0. The van der Waals surface area contributed by atoms with Crippen LogP contribution in [-0.2, 0) is 4.79 Å². The van der Waals surface area contributed by atoms with Gasteiger partial charge in [0, 0.05) is 5.69 Å². The van der Waals surface area contributed by atoms with Crippen molar-refractivity contribution < 1.29 is 14.5 Å². The van der Waals surface area contributed by atoms with Crippen LogP contribution in [0, 0.1) is 24.0 Å². The Kier molecular flexibility index (Phi) is 5.18. The van der Waals surface area contributed by atoms with Crippen molar-refractivity contribution in [2.75, 3.05) is 11.9 Å². The topological polar surface area (TPSA) is 99.3 Å². The lowest BCUT2D eigenvalue weighted by atomic mass is 10.2. The van der Waals surface area contributed by atoms with Gasteiger partial charge in [-0.2, -0.15) is 5.10 Å². The molecule has 1 N–H and O–H groups in total. The number of hydrogen-bond acceptors (Lipinski definition) is 5. The first-order valence-corrected chi connectivity index (χ1v) is 7.59. The van der Waals surface area contributed by atoms with Crippen molar-refractivity contribution in [3.05, 3.63) is 45.8 Å². The first kappa shape index (κ1) is 17.5. The van der Waals surface area contributed by atoms with E-state index in [1.165, 1.54) is 4.68 Å². The highest BCUT2D eigenvalue weighted by atomic mass is 16.6. The number of nitrogens with one attached hydrogen (secondary N) is 1. The summed E-state index contributed by atoms with van der Waals surface area (Å²) in [7, 11) is 0. The van der Waals surface area contributed by atoms with Gasteiger partial charge in [0.05, 0.1) is 11.5 Å². The number of hydrogen-bond donors (Lipinski definition) is 1. The highest BCUT2D eigenvalue weighted by Crippen LogP contribution is 2.25. The van der Waals surface area contributed by atoms with E-state index in [-0.39, 0.29) is 11.6 Å². The maximum atomic E-state index is 12.4. The molecule has 0 saturated carbocycles. The second kappa shape index (κ2) is 7.12. The van der Waals surface area contributed by atoms with Gasteiger partial charge < -0.3 is 10.1 Å². The van der Waals surface area contributed by atoms with Gasteiger partial charge in [-0.3, -0.25) is 19.6 Å². The summed E-state index contributed by atoms with van der Waals surface area (Å²) in [5.41, 5.74) is 1.20. The first-order chi connectivity index (χ1) is 11.3. The van der Waals surface area contributed by atoms with E-state index in [1.807, 2.05) is 6.92 Å². The zero-order valence-electron chi connectivity index (χ0n) is 14.1. The number of amides is 1. The van der Waals surface area contributed by atoms with Crippen LogP contribution >= 0.6 is 0 Å². The fraction of sp³-hybridized carbons (Fsp3) is 0.375. The Morgan fingerprint density at radius 2 is 2.00 bits per heavy atom. The van der Waals surface area contributed by atoms with Crippen LogP contribution in [0.25, 0.3) is 0 Å². The second-order valence-electron chi connectivity index (χ2n) is 5.34. The van der Waals surface area contributed by atoms with Crippen molar-refractivity contribution in [3.63, 3.8) is 0 Å². The van der Waals surface area contributed by atoms with Crippen LogP contribution in [0.5, 0.6) is 5.75 Å². The number of rotatable bonds is 6. The van der Waals surface area contributed by atoms with Gasteiger partial charge in [-0.15, -0.1) is 0 Å². The lowest BCUT2D eigenvalue weighted by Gasteiger charge is -2.14. The summed E-state index contributed by atoms with van der Waals surface area (Å²) in [6.07, 6.45) is 0. The molecule has 1 aromatic carbocycles. The monoisotopic (exact) mass is 332 g/mol. The van der Waals surface area contributed by atoms with Crippen LogP contribution in [0.3, 0.4) is 0 Å². The van der Waals surface area contributed by atoms with E-state index in [0.717, 1.165) is 5.75 Å². The molecule has 0 aliphatic carbocycles. The molecular formula is C16H20N4O4. The van der Waals surface area contributed by atoms with Crippen molar-refractivity contribution >= 4 is 17.3 Å². The Balaban J connectivity index is 2.15. The predicted molar refractivity (Wildman–Crippen MR) is 89.3 cm³/mol. The van der Waals surface area contributed by atoms with Crippen molar-refractivity contribution in [3.8, 4) is 5.75 Å². The Morgan fingerprint density at radius 3 is 2.50 bits per heavy atom. The number of benzene rings is 1. The van der Waals surface area contributed by atoms with Gasteiger partial charge >= 0.3 is 5.69 Å². The molecular weight excluding hydrogens is 312 g/mol. The lowest BCUT2D eigenvalue weighted by molar-refractivity contribution is -0.386. The second-order valence-corrected chi connectivity index (χ2v) is 5.34. The van der Waals surface area contributed by atoms with Crippen LogP contribution in [0.15, 0.2) is 24.3 Å². The molecule has 0 fully saturated rings. The molecule has 1 unspecified atom stereocenters. The molecule has 0 radical (unpaired) electrons. The third-order valence-corrected chi connectivity index (χ3v) is 3.65. The fourth-order valence-corrected chi connectivity index (χ4v) is 2.45. The standard InChI is InChI=1S/C16H20N4O4/c1-5-24-14-8-6-13(7-9-14)17-16(21)12(4)19-11(3)15(20(22)23)10(2)18-19/h6-9,12H,5H2,1-4H3,(H,17,21). The number of nitrogens with zero attached hydrogens (tertiary/aromatic N) is 3. The zero-order valence-corrected chi connectivity index (χ0v) is 14.1. The molecule has 128 valence electrons. The molecule has 0 aliphatic heterocycles. The van der Waals surface area contributed by atoms with E-state index in [0.29, 0.717) is 23.7 Å². The van der Waals surface area contributed by atoms with Gasteiger partial charge in [-0.1, -0.05) is 0 Å². The molecule has 2 aromatic rings. The molecule has 1 heterocycles. The number of carbonyl (C=O) groups is 1. The quantitative estimate of drug-likeness (QED) is 0.647. The minimum Gasteiger partial charge on any atom is -0.494 e. The number of carbonyl (C=O) groups excluding carboxylic acids is 1. The van der Waals surface area contributed by atoms with Crippen molar-refractivity contribution in [2.45, 2.75) is 33.7 Å². The average molecular weight is 332 g/mol. The van der Waals surface area contributed by atoms with Gasteiger partial charge in [0.15, 0.2) is 0 Å². The van der Waals surface area contributed by atoms with Crippen LogP contribution in [0.4, 0.5) is 11.4 Å². The van der Waals surface area contributed by atoms with Gasteiger partial charge in [-0.25, -0.2) is 0 Å². The highest BCUT2D eigenvalue weighted by Gasteiger charge is 2.27. The van der Waals surface area contributed by atoms with Gasteiger partial charge in [0.2, 0.25) is 5.91 Å². The molecule has 24 heavy (non-hydrogen) atoms. The maximum Gasteiger partial charge on any atom is 0.312 e. The number of ether oxygens (including phenoxy) is 1. The van der Waals surface area contributed by atoms with E-state index < -0.39 is 11.0 Å². The normalized spacial score (nSPS) is 11.8. The minimum absolute atomic E-state index is 0.0595. The molecule has 0 saturated heterocycles. The number of nitro groups is 1. The van der Waals surface area contributed by atoms with Crippen molar-refractivity contribution in [2.24, 2.45) is 0 Å². The van der Waals surface area contributed by atoms with Gasteiger partial charge in [0.25, 0.3) is 0 Å². The Bertz CT molecular complexity index is 752. The number of anilines is 1. The lowest BCUT2D eigenvalue weighted by Crippen LogP contribution is -2.25. The van der Waals surface area contributed by atoms with Crippen LogP contribution in [0.1, 0.15) is 31.3 Å². The number of aryl methyl sites for hydroxylation is 1. The Labute approximate surface area is 139 Å². The summed E-state index contributed by atoms with van der Waals surface area (Å²) in [6.45, 7) is 7.25. The molecule has 0 aliphatic rings. The predicted octanol–water partition coefficient (Wildman–Crippen LogP) is 3.01. The molecule has 1 aromatic heterocycles. The SMILES string of the molecule is CCOc1ccc(NC(=O)C(C)n2nc(C)c([N+](=O)[O-])c2C)cc1.